The van der Waals surface area contributed by atoms with Gasteiger partial charge in [-0.05, 0) is 74.3 Å². The molecule has 8 atom stereocenters. The van der Waals surface area contributed by atoms with E-state index in [1.54, 1.807) is 12.0 Å². The number of nitrogens with one attached hydrogen (secondary N) is 1. The second-order valence-corrected chi connectivity index (χ2v) is 14.8. The molecule has 2 amide bonds. The molecule has 2 bridgehead atoms. The van der Waals surface area contributed by atoms with E-state index in [2.05, 4.69) is 5.32 Å². The highest BCUT2D eigenvalue weighted by Crippen LogP contribution is 2.57. The molecule has 2 aliphatic heterocycles. The average molecular weight is 621 g/mol. The zero-order valence-electron chi connectivity index (χ0n) is 27.5. The third-order valence-electron chi connectivity index (χ3n) is 10.5. The number of carbonyl (C=O) groups excluding carboxylic acids is 3. The van der Waals surface area contributed by atoms with Crippen LogP contribution in [0.5, 0.6) is 11.6 Å². The number of carbonyl (C=O) groups is 3. The lowest BCUT2D eigenvalue weighted by Crippen LogP contribution is -2.57. The van der Waals surface area contributed by atoms with Crippen LogP contribution in [0.15, 0.2) is 18.2 Å². The quantitative estimate of drug-likeness (QED) is 0.468. The third kappa shape index (κ3) is 6.47. The van der Waals surface area contributed by atoms with Crippen molar-refractivity contribution in [1.29, 1.82) is 0 Å². The predicted molar refractivity (Wildman–Crippen MR) is 169 cm³/mol. The molecule has 1 aromatic heterocycles. The minimum atomic E-state index is -0.877. The van der Waals surface area contributed by atoms with E-state index in [1.807, 2.05) is 45.9 Å². The molecule has 10 nitrogen and oxygen atoms in total. The highest BCUT2D eigenvalue weighted by Gasteiger charge is 2.55. The van der Waals surface area contributed by atoms with Crippen LogP contribution in [-0.2, 0) is 20.7 Å². The summed E-state index contributed by atoms with van der Waals surface area (Å²) in [4.78, 5) is 52.1. The molecule has 0 spiro atoms. The minimum absolute atomic E-state index is 0.116. The van der Waals surface area contributed by atoms with E-state index in [-0.39, 0.29) is 30.3 Å². The Morgan fingerprint density at radius 2 is 1.78 bits per heavy atom. The number of methoxy groups -OCH3 is 1. The first-order valence-corrected chi connectivity index (χ1v) is 16.7. The number of Topliss-reactive ketones (excluding diaryl/α,β-unsaturated/α-hetero) is 1. The fraction of sp³-hybridized carbons (Fsp3) is 0.686. The van der Waals surface area contributed by atoms with Gasteiger partial charge in [0.25, 0.3) is 0 Å². The van der Waals surface area contributed by atoms with Crippen LogP contribution in [0.1, 0.15) is 85.3 Å². The normalized spacial score (nSPS) is 32.5. The molecule has 6 rings (SSSR count). The highest BCUT2D eigenvalue weighted by molar-refractivity contribution is 5.92. The average Bonchev–Trinajstić information content (AvgIpc) is 3.55. The SMILES string of the molecule is COc1ccc2nc3c(nc2c1)O[C@H]1CN(C(=O)[C@H](C(C)(C)C)NC(=O)O[C@@H]2C[C@H]4C[C@H]4[C@H]2CCCCCC3)[C@H](C(C)=O)[C@@H]1C. The van der Waals surface area contributed by atoms with Crippen LogP contribution in [0.2, 0.25) is 0 Å². The molecule has 0 unspecified atom stereocenters. The number of ketones is 1. The summed E-state index contributed by atoms with van der Waals surface area (Å²) in [5.41, 5.74) is 1.59. The molecule has 3 fully saturated rings. The molecule has 2 aromatic rings. The van der Waals surface area contributed by atoms with E-state index < -0.39 is 29.7 Å². The van der Waals surface area contributed by atoms with Gasteiger partial charge >= 0.3 is 6.09 Å². The lowest BCUT2D eigenvalue weighted by Gasteiger charge is -2.35. The molecule has 2 saturated carbocycles. The smallest absolute Gasteiger partial charge is 0.408 e. The standard InChI is InChI=1S/C35H48N4O6/c1-19-29-18-39(30(19)20(2)40)33(41)31(35(3,4)5)38-34(42)45-28-16-21-15-24(21)23(28)11-9-7-8-10-12-26-32(44-29)37-27-17-22(43-6)13-14-25(27)36-26/h13-14,17,19,21,23-24,28-31H,7-12,15-16,18H2,1-6H3,(H,38,42)/t19-,21-,23-,24-,28-,29+,30+,31-/m1/s1. The lowest BCUT2D eigenvalue weighted by molar-refractivity contribution is -0.141. The number of aryl methyl sites for hydroxylation is 1. The van der Waals surface area contributed by atoms with Crippen molar-refractivity contribution in [1.82, 2.24) is 20.2 Å². The van der Waals surface area contributed by atoms with Gasteiger partial charge in [-0.15, -0.1) is 0 Å². The maximum Gasteiger partial charge on any atom is 0.408 e. The van der Waals surface area contributed by atoms with E-state index in [4.69, 9.17) is 24.2 Å². The summed E-state index contributed by atoms with van der Waals surface area (Å²) in [6.07, 6.45) is 6.92. The summed E-state index contributed by atoms with van der Waals surface area (Å²) in [5, 5.41) is 2.93. The van der Waals surface area contributed by atoms with Gasteiger partial charge in [0.2, 0.25) is 11.8 Å². The van der Waals surface area contributed by atoms with E-state index in [1.165, 1.54) is 13.3 Å². The Morgan fingerprint density at radius 1 is 1.00 bits per heavy atom. The number of amides is 2. The number of alkyl carbamates (subject to hydrolysis) is 1. The molecule has 45 heavy (non-hydrogen) atoms. The molecule has 0 radical (unpaired) electrons. The van der Waals surface area contributed by atoms with Gasteiger partial charge in [-0.2, -0.15) is 0 Å². The van der Waals surface area contributed by atoms with Crippen LogP contribution >= 0.6 is 0 Å². The molecular weight excluding hydrogens is 572 g/mol. The van der Waals surface area contributed by atoms with Gasteiger partial charge in [-0.1, -0.05) is 47.0 Å². The van der Waals surface area contributed by atoms with E-state index in [9.17, 15) is 14.4 Å². The molecule has 1 aromatic carbocycles. The molecule has 244 valence electrons. The lowest BCUT2D eigenvalue weighted by atomic mass is 9.85. The third-order valence-corrected chi connectivity index (χ3v) is 10.5. The van der Waals surface area contributed by atoms with Crippen molar-refractivity contribution >= 4 is 28.8 Å². The molecule has 3 heterocycles. The van der Waals surface area contributed by atoms with E-state index in [0.717, 1.165) is 49.7 Å². The van der Waals surface area contributed by atoms with E-state index >= 15 is 0 Å². The van der Waals surface area contributed by atoms with Crippen molar-refractivity contribution in [3.05, 3.63) is 23.9 Å². The minimum Gasteiger partial charge on any atom is -0.497 e. The Balaban J connectivity index is 1.34. The van der Waals surface area contributed by atoms with Gasteiger partial charge in [-0.25, -0.2) is 14.8 Å². The van der Waals surface area contributed by atoms with Gasteiger partial charge in [0.15, 0.2) is 5.78 Å². The molecule has 4 aliphatic rings. The summed E-state index contributed by atoms with van der Waals surface area (Å²) in [6.45, 7) is 9.39. The van der Waals surface area contributed by atoms with Crippen LogP contribution < -0.4 is 14.8 Å². The van der Waals surface area contributed by atoms with Crippen molar-refractivity contribution in [2.24, 2.45) is 29.1 Å². The maximum absolute atomic E-state index is 14.3. The first-order chi connectivity index (χ1) is 21.4. The van der Waals surface area contributed by atoms with Crippen LogP contribution in [0, 0.1) is 29.1 Å². The summed E-state index contributed by atoms with van der Waals surface area (Å²) in [6, 6.07) is 4.05. The summed E-state index contributed by atoms with van der Waals surface area (Å²) in [5.74, 6) is 2.04. The first kappa shape index (κ1) is 31.5. The molecular formula is C35H48N4O6. The Hall–Kier alpha value is -3.43. The van der Waals surface area contributed by atoms with Gasteiger partial charge < -0.3 is 24.4 Å². The van der Waals surface area contributed by atoms with E-state index in [0.29, 0.717) is 41.3 Å². The fourth-order valence-electron chi connectivity index (χ4n) is 7.98. The Kier molecular flexibility index (Phi) is 8.69. The molecule has 1 N–H and O–H groups in total. The second kappa shape index (κ2) is 12.4. The largest absolute Gasteiger partial charge is 0.497 e. The number of rotatable bonds is 2. The predicted octanol–water partition coefficient (Wildman–Crippen LogP) is 5.49. The number of hydrogen-bond acceptors (Lipinski definition) is 8. The Morgan fingerprint density at radius 3 is 2.51 bits per heavy atom. The van der Waals surface area contributed by atoms with Crippen LogP contribution in [0.4, 0.5) is 4.79 Å². The van der Waals surface area contributed by atoms with Gasteiger partial charge in [0.05, 0.1) is 30.7 Å². The Bertz CT molecular complexity index is 1460. The zero-order chi connectivity index (χ0) is 32.0. The van der Waals surface area contributed by atoms with Crippen molar-refractivity contribution in [3.8, 4) is 11.6 Å². The highest BCUT2D eigenvalue weighted by atomic mass is 16.6. The summed E-state index contributed by atoms with van der Waals surface area (Å²) >= 11 is 0. The number of fused-ring (bicyclic) bond motifs is 7. The van der Waals surface area contributed by atoms with Crippen molar-refractivity contribution in [3.63, 3.8) is 0 Å². The number of nitrogens with zero attached hydrogens (tertiary/aromatic N) is 3. The molecule has 2 aliphatic carbocycles. The Labute approximate surface area is 266 Å². The zero-order valence-corrected chi connectivity index (χ0v) is 27.5. The van der Waals surface area contributed by atoms with Gasteiger partial charge in [-0.3, -0.25) is 9.59 Å². The monoisotopic (exact) mass is 620 g/mol. The number of aromatic nitrogens is 2. The van der Waals surface area contributed by atoms with Crippen molar-refractivity contribution < 1.29 is 28.6 Å². The van der Waals surface area contributed by atoms with Crippen molar-refractivity contribution in [2.45, 2.75) is 110 Å². The number of ether oxygens (including phenoxy) is 3. The van der Waals surface area contributed by atoms with Crippen LogP contribution in [0.25, 0.3) is 11.0 Å². The van der Waals surface area contributed by atoms with Gasteiger partial charge in [0, 0.05) is 12.0 Å². The first-order valence-electron chi connectivity index (χ1n) is 16.7. The van der Waals surface area contributed by atoms with Crippen LogP contribution in [-0.4, -0.2) is 70.6 Å². The number of benzene rings is 1. The maximum atomic E-state index is 14.3. The summed E-state index contributed by atoms with van der Waals surface area (Å²) in [7, 11) is 1.62. The molecule has 10 heteroatoms. The van der Waals surface area contributed by atoms with Crippen molar-refractivity contribution in [2.75, 3.05) is 13.7 Å². The topological polar surface area (TPSA) is 120 Å². The number of hydrogen-bond donors (Lipinski definition) is 1. The fourth-order valence-corrected chi connectivity index (χ4v) is 7.98. The van der Waals surface area contributed by atoms with Gasteiger partial charge in [0.1, 0.15) is 29.7 Å². The molecule has 1 saturated heterocycles. The van der Waals surface area contributed by atoms with Crippen LogP contribution in [0.3, 0.4) is 0 Å². The summed E-state index contributed by atoms with van der Waals surface area (Å²) < 4.78 is 18.1. The second-order valence-electron chi connectivity index (χ2n) is 14.8.